The Kier molecular flexibility index (Phi) is 4.98. The van der Waals surface area contributed by atoms with Crippen molar-refractivity contribution < 1.29 is 9.47 Å². The molecule has 84 valence electrons. The second-order valence-electron chi connectivity index (χ2n) is 3.42. The molecule has 0 fully saturated rings. The normalized spacial score (nSPS) is 12.2. The van der Waals surface area contributed by atoms with Gasteiger partial charge in [-0.15, -0.1) is 0 Å². The molecule has 1 rings (SSSR count). The summed E-state index contributed by atoms with van der Waals surface area (Å²) in [6.45, 7) is 2.65. The van der Waals surface area contributed by atoms with Crippen LogP contribution in [0.5, 0.6) is 11.5 Å². The molecule has 0 aromatic heterocycles. The van der Waals surface area contributed by atoms with Gasteiger partial charge in [-0.1, -0.05) is 25.5 Å². The van der Waals surface area contributed by atoms with Gasteiger partial charge >= 0.3 is 0 Å². The van der Waals surface area contributed by atoms with Gasteiger partial charge in [-0.2, -0.15) is 0 Å². The van der Waals surface area contributed by atoms with Gasteiger partial charge < -0.3 is 15.2 Å². The SMILES string of the molecule is CCCC(CN)Oc1ccccc1OC. The fraction of sp³-hybridized carbons (Fsp3) is 0.500. The molecule has 0 radical (unpaired) electrons. The van der Waals surface area contributed by atoms with E-state index in [9.17, 15) is 0 Å². The Bertz CT molecular complexity index is 289. The topological polar surface area (TPSA) is 44.5 Å². The van der Waals surface area contributed by atoms with Gasteiger partial charge in [-0.25, -0.2) is 0 Å². The Morgan fingerprint density at radius 3 is 2.47 bits per heavy atom. The zero-order chi connectivity index (χ0) is 11.1. The van der Waals surface area contributed by atoms with E-state index in [1.165, 1.54) is 0 Å². The molecule has 0 saturated heterocycles. The van der Waals surface area contributed by atoms with E-state index in [1.807, 2.05) is 24.3 Å². The second-order valence-corrected chi connectivity index (χ2v) is 3.42. The van der Waals surface area contributed by atoms with Crippen LogP contribution in [0, 0.1) is 0 Å². The summed E-state index contributed by atoms with van der Waals surface area (Å²) in [4.78, 5) is 0. The molecule has 0 aliphatic heterocycles. The highest BCUT2D eigenvalue weighted by atomic mass is 16.5. The summed E-state index contributed by atoms with van der Waals surface area (Å²) in [6, 6.07) is 7.63. The van der Waals surface area contributed by atoms with Crippen molar-refractivity contribution in [2.75, 3.05) is 13.7 Å². The third kappa shape index (κ3) is 3.44. The maximum atomic E-state index is 5.78. The van der Waals surface area contributed by atoms with Crippen LogP contribution in [-0.4, -0.2) is 19.8 Å². The Balaban J connectivity index is 2.69. The van der Waals surface area contributed by atoms with Crippen molar-refractivity contribution in [2.24, 2.45) is 5.73 Å². The van der Waals surface area contributed by atoms with Gasteiger partial charge in [-0.3, -0.25) is 0 Å². The standard InChI is InChI=1S/C12H19NO2/c1-3-6-10(9-13)15-12-8-5-4-7-11(12)14-2/h4-5,7-8,10H,3,6,9,13H2,1-2H3. The number of hydrogen-bond acceptors (Lipinski definition) is 3. The number of para-hydroxylation sites is 2. The van der Waals surface area contributed by atoms with Crippen molar-refractivity contribution in [3.63, 3.8) is 0 Å². The van der Waals surface area contributed by atoms with Crippen LogP contribution in [-0.2, 0) is 0 Å². The van der Waals surface area contributed by atoms with E-state index >= 15 is 0 Å². The molecule has 3 heteroatoms. The van der Waals surface area contributed by atoms with Crippen LogP contribution in [0.3, 0.4) is 0 Å². The Labute approximate surface area is 91.2 Å². The molecule has 1 aromatic rings. The maximum absolute atomic E-state index is 5.78. The third-order valence-electron chi connectivity index (χ3n) is 2.24. The Morgan fingerprint density at radius 2 is 1.93 bits per heavy atom. The van der Waals surface area contributed by atoms with Crippen molar-refractivity contribution in [1.82, 2.24) is 0 Å². The molecule has 0 bridgehead atoms. The highest BCUT2D eigenvalue weighted by molar-refractivity contribution is 5.39. The molecule has 2 N–H and O–H groups in total. The minimum Gasteiger partial charge on any atom is -0.493 e. The zero-order valence-corrected chi connectivity index (χ0v) is 9.40. The molecule has 1 unspecified atom stereocenters. The quantitative estimate of drug-likeness (QED) is 0.781. The average molecular weight is 209 g/mol. The summed E-state index contributed by atoms with van der Waals surface area (Å²) in [6.07, 6.45) is 2.11. The Morgan fingerprint density at radius 1 is 1.27 bits per heavy atom. The number of hydrogen-bond donors (Lipinski definition) is 1. The zero-order valence-electron chi connectivity index (χ0n) is 9.40. The Hall–Kier alpha value is -1.22. The number of nitrogens with two attached hydrogens (primary N) is 1. The number of ether oxygens (including phenoxy) is 2. The van der Waals surface area contributed by atoms with E-state index < -0.39 is 0 Å². The largest absolute Gasteiger partial charge is 0.493 e. The molecule has 1 atom stereocenters. The summed E-state index contributed by atoms with van der Waals surface area (Å²) >= 11 is 0. The number of benzene rings is 1. The summed E-state index contributed by atoms with van der Waals surface area (Å²) in [5.74, 6) is 1.52. The van der Waals surface area contributed by atoms with Crippen LogP contribution >= 0.6 is 0 Å². The van der Waals surface area contributed by atoms with Crippen molar-refractivity contribution in [2.45, 2.75) is 25.9 Å². The molecule has 15 heavy (non-hydrogen) atoms. The first-order valence-electron chi connectivity index (χ1n) is 5.31. The summed E-state index contributed by atoms with van der Waals surface area (Å²) in [5, 5.41) is 0. The van der Waals surface area contributed by atoms with E-state index in [0.29, 0.717) is 6.54 Å². The summed E-state index contributed by atoms with van der Waals surface area (Å²) < 4.78 is 11.0. The molecule has 0 aliphatic carbocycles. The highest BCUT2D eigenvalue weighted by Crippen LogP contribution is 2.27. The average Bonchev–Trinajstić information content (AvgIpc) is 2.29. The van der Waals surface area contributed by atoms with Crippen molar-refractivity contribution in [3.8, 4) is 11.5 Å². The molecule has 0 heterocycles. The molecule has 0 saturated carbocycles. The second kappa shape index (κ2) is 6.30. The predicted octanol–water partition coefficient (Wildman–Crippen LogP) is 2.20. The van der Waals surface area contributed by atoms with Gasteiger partial charge in [0.25, 0.3) is 0 Å². The third-order valence-corrected chi connectivity index (χ3v) is 2.24. The van der Waals surface area contributed by atoms with Gasteiger partial charge in [0.15, 0.2) is 11.5 Å². The molecule has 1 aromatic carbocycles. The summed E-state index contributed by atoms with van der Waals surface area (Å²) in [5.41, 5.74) is 5.63. The van der Waals surface area contributed by atoms with E-state index in [2.05, 4.69) is 6.92 Å². The molecular weight excluding hydrogens is 190 g/mol. The number of methoxy groups -OCH3 is 1. The van der Waals surface area contributed by atoms with E-state index in [1.54, 1.807) is 7.11 Å². The monoisotopic (exact) mass is 209 g/mol. The van der Waals surface area contributed by atoms with E-state index in [-0.39, 0.29) is 6.10 Å². The highest BCUT2D eigenvalue weighted by Gasteiger charge is 2.10. The fourth-order valence-corrected chi connectivity index (χ4v) is 1.44. The van der Waals surface area contributed by atoms with E-state index in [0.717, 1.165) is 24.3 Å². The smallest absolute Gasteiger partial charge is 0.161 e. The molecule has 3 nitrogen and oxygen atoms in total. The lowest BCUT2D eigenvalue weighted by Crippen LogP contribution is -2.26. The van der Waals surface area contributed by atoms with Crippen LogP contribution in [0.15, 0.2) is 24.3 Å². The summed E-state index contributed by atoms with van der Waals surface area (Å²) in [7, 11) is 1.64. The number of rotatable bonds is 6. The first-order valence-corrected chi connectivity index (χ1v) is 5.31. The molecule has 0 spiro atoms. The van der Waals surface area contributed by atoms with Crippen molar-refractivity contribution in [1.29, 1.82) is 0 Å². The lowest BCUT2D eigenvalue weighted by atomic mass is 10.2. The molecule has 0 amide bonds. The minimum atomic E-state index is 0.0753. The molecular formula is C12H19NO2. The van der Waals surface area contributed by atoms with Crippen LogP contribution in [0.4, 0.5) is 0 Å². The maximum Gasteiger partial charge on any atom is 0.161 e. The minimum absolute atomic E-state index is 0.0753. The van der Waals surface area contributed by atoms with Crippen LogP contribution in [0.25, 0.3) is 0 Å². The first kappa shape index (κ1) is 11.9. The van der Waals surface area contributed by atoms with Gasteiger partial charge in [0.05, 0.1) is 7.11 Å². The predicted molar refractivity (Wildman–Crippen MR) is 61.4 cm³/mol. The van der Waals surface area contributed by atoms with Gasteiger partial charge in [0.1, 0.15) is 6.10 Å². The van der Waals surface area contributed by atoms with Gasteiger partial charge in [0.2, 0.25) is 0 Å². The lowest BCUT2D eigenvalue weighted by Gasteiger charge is -2.18. The van der Waals surface area contributed by atoms with Crippen molar-refractivity contribution in [3.05, 3.63) is 24.3 Å². The van der Waals surface area contributed by atoms with Gasteiger partial charge in [0, 0.05) is 6.54 Å². The molecule has 0 aliphatic rings. The van der Waals surface area contributed by atoms with Crippen LogP contribution in [0.2, 0.25) is 0 Å². The van der Waals surface area contributed by atoms with Crippen LogP contribution in [0.1, 0.15) is 19.8 Å². The van der Waals surface area contributed by atoms with E-state index in [4.69, 9.17) is 15.2 Å². The van der Waals surface area contributed by atoms with Gasteiger partial charge in [-0.05, 0) is 18.6 Å². The first-order chi connectivity index (χ1) is 7.31. The fourth-order valence-electron chi connectivity index (χ4n) is 1.44. The van der Waals surface area contributed by atoms with Crippen LogP contribution < -0.4 is 15.2 Å². The lowest BCUT2D eigenvalue weighted by molar-refractivity contribution is 0.190. The van der Waals surface area contributed by atoms with Crippen molar-refractivity contribution >= 4 is 0 Å².